The van der Waals surface area contributed by atoms with E-state index >= 15 is 0 Å². The van der Waals surface area contributed by atoms with Gasteiger partial charge in [-0.15, -0.1) is 0 Å². The van der Waals surface area contributed by atoms with E-state index in [0.717, 1.165) is 51.4 Å². The maximum absolute atomic E-state index is 13.3. The molecular weight excluding hydrogens is 416 g/mol. The average Bonchev–Trinajstić information content (AvgIpc) is 2.73. The molecule has 9 heteroatoms. The molecule has 3 amide bonds. The fourth-order valence-corrected chi connectivity index (χ4v) is 4.71. The molecule has 0 aromatic rings. The molecule has 0 unspecified atom stereocenters. The van der Waals surface area contributed by atoms with Crippen LogP contribution in [0.4, 0.5) is 0 Å². The number of likely N-dealkylation sites (N-methyl/N-ethyl adjacent to an activating group) is 2. The summed E-state index contributed by atoms with van der Waals surface area (Å²) in [6, 6.07) is -1.28. The smallest absolute Gasteiger partial charge is 0.246 e. The van der Waals surface area contributed by atoms with E-state index < -0.39 is 18.0 Å². The van der Waals surface area contributed by atoms with Crippen molar-refractivity contribution in [3.63, 3.8) is 0 Å². The molecule has 0 spiro atoms. The maximum atomic E-state index is 13.3. The molecule has 1 heterocycles. The molecule has 1 rings (SSSR count). The maximum Gasteiger partial charge on any atom is 0.246 e. The molecule has 1 fully saturated rings. The van der Waals surface area contributed by atoms with Gasteiger partial charge in [0.15, 0.2) is 0 Å². The third-order valence-electron chi connectivity index (χ3n) is 5.59. The molecule has 31 heavy (non-hydrogen) atoms. The Kier molecular flexibility index (Phi) is 13.1. The second-order valence-corrected chi connectivity index (χ2v) is 9.80. The van der Waals surface area contributed by atoms with Gasteiger partial charge in [0.1, 0.15) is 12.1 Å². The molecule has 1 saturated heterocycles. The summed E-state index contributed by atoms with van der Waals surface area (Å²) in [5.74, 6) is 0.848. The summed E-state index contributed by atoms with van der Waals surface area (Å²) in [4.78, 5) is 43.2. The third-order valence-corrected chi connectivity index (χ3v) is 6.72. The number of hydrogen-bond acceptors (Lipinski definition) is 6. The number of nitrogens with two attached hydrogens (primary N) is 1. The van der Waals surface area contributed by atoms with Gasteiger partial charge in [0.2, 0.25) is 17.7 Å². The molecule has 0 aliphatic carbocycles. The van der Waals surface area contributed by atoms with E-state index in [1.807, 2.05) is 20.8 Å². The lowest BCUT2D eigenvalue weighted by atomic mass is 10.0. The molecule has 0 aromatic carbocycles. The van der Waals surface area contributed by atoms with Crippen molar-refractivity contribution in [3.05, 3.63) is 0 Å². The molecule has 2 N–H and O–H groups in total. The molecule has 0 radical (unpaired) electrons. The van der Waals surface area contributed by atoms with Crippen LogP contribution in [0, 0.1) is 5.92 Å². The highest BCUT2D eigenvalue weighted by Crippen LogP contribution is 2.17. The number of thioether (sulfide) groups is 1. The van der Waals surface area contributed by atoms with E-state index in [1.165, 1.54) is 4.90 Å². The number of nitrogens with zero attached hydrogens (tertiary/aromatic N) is 3. The van der Waals surface area contributed by atoms with Crippen LogP contribution in [0.15, 0.2) is 0 Å². The first-order valence-corrected chi connectivity index (χ1v) is 12.5. The van der Waals surface area contributed by atoms with Gasteiger partial charge >= 0.3 is 0 Å². The van der Waals surface area contributed by atoms with Crippen LogP contribution in [0.5, 0.6) is 0 Å². The monoisotopic (exact) mass is 458 g/mol. The summed E-state index contributed by atoms with van der Waals surface area (Å²) in [6.45, 7) is 10.5. The van der Waals surface area contributed by atoms with Crippen LogP contribution in [-0.4, -0.2) is 103 Å². The third kappa shape index (κ3) is 9.78. The first-order chi connectivity index (χ1) is 14.7. The number of hydrogen-bond donors (Lipinski definition) is 1. The molecule has 1 aliphatic rings. The van der Waals surface area contributed by atoms with E-state index in [1.54, 1.807) is 30.8 Å². The van der Waals surface area contributed by atoms with Crippen molar-refractivity contribution in [2.75, 3.05) is 58.4 Å². The SMILES string of the molecule is CCCC(=O)N(C)[C@H](CSCCCN1CCOCC1)C(=O)N(C)[C@@H](CC(C)C)C(N)=O. The molecule has 0 saturated carbocycles. The summed E-state index contributed by atoms with van der Waals surface area (Å²) in [5.41, 5.74) is 5.59. The molecule has 8 nitrogen and oxygen atoms in total. The Balaban J connectivity index is 2.73. The highest BCUT2D eigenvalue weighted by atomic mass is 32.2. The molecule has 180 valence electrons. The van der Waals surface area contributed by atoms with Gasteiger partial charge in [-0.3, -0.25) is 19.3 Å². The summed E-state index contributed by atoms with van der Waals surface area (Å²) >= 11 is 1.68. The largest absolute Gasteiger partial charge is 0.379 e. The van der Waals surface area contributed by atoms with Crippen LogP contribution in [0.3, 0.4) is 0 Å². The van der Waals surface area contributed by atoms with Crippen LogP contribution in [0.2, 0.25) is 0 Å². The molecule has 0 bridgehead atoms. The van der Waals surface area contributed by atoms with Crippen molar-refractivity contribution in [1.29, 1.82) is 0 Å². The first kappa shape index (κ1) is 27.7. The summed E-state index contributed by atoms with van der Waals surface area (Å²) in [7, 11) is 3.30. The summed E-state index contributed by atoms with van der Waals surface area (Å²) < 4.78 is 5.38. The van der Waals surface area contributed by atoms with Crippen molar-refractivity contribution in [3.8, 4) is 0 Å². The van der Waals surface area contributed by atoms with E-state index in [9.17, 15) is 14.4 Å². The van der Waals surface area contributed by atoms with Gasteiger partial charge in [-0.25, -0.2) is 0 Å². The zero-order chi connectivity index (χ0) is 23.4. The van der Waals surface area contributed by atoms with Gasteiger partial charge < -0.3 is 20.3 Å². The predicted molar refractivity (Wildman–Crippen MR) is 126 cm³/mol. The van der Waals surface area contributed by atoms with Crippen LogP contribution < -0.4 is 5.73 Å². The van der Waals surface area contributed by atoms with Crippen LogP contribution in [0.1, 0.15) is 46.5 Å². The zero-order valence-electron chi connectivity index (χ0n) is 20.0. The van der Waals surface area contributed by atoms with Crippen LogP contribution in [0.25, 0.3) is 0 Å². The number of morpholine rings is 1. The van der Waals surface area contributed by atoms with Crippen LogP contribution >= 0.6 is 11.8 Å². The van der Waals surface area contributed by atoms with Crippen LogP contribution in [-0.2, 0) is 19.1 Å². The van der Waals surface area contributed by atoms with Gasteiger partial charge in [0, 0.05) is 39.4 Å². The van der Waals surface area contributed by atoms with Gasteiger partial charge in [0.25, 0.3) is 0 Å². The Morgan fingerprint density at radius 1 is 1.10 bits per heavy atom. The minimum Gasteiger partial charge on any atom is -0.379 e. The van der Waals surface area contributed by atoms with Crippen molar-refractivity contribution in [2.45, 2.75) is 58.5 Å². The van der Waals surface area contributed by atoms with E-state index in [4.69, 9.17) is 10.5 Å². The first-order valence-electron chi connectivity index (χ1n) is 11.4. The standard InChI is InChI=1S/C22H42N4O4S/c1-6-8-20(27)24(4)19(16-31-14-7-9-26-10-12-30-13-11-26)22(29)25(5)18(21(23)28)15-17(2)3/h17-19H,6-16H2,1-5H3,(H2,23,28)/t18-,19+/m0/s1. The van der Waals surface area contributed by atoms with Crippen molar-refractivity contribution in [2.24, 2.45) is 11.7 Å². The minimum absolute atomic E-state index is 0.0531. The van der Waals surface area contributed by atoms with E-state index in [-0.39, 0.29) is 17.7 Å². The normalized spacial score (nSPS) is 16.7. The average molecular weight is 459 g/mol. The number of carbonyl (C=O) groups excluding carboxylic acids is 3. The number of rotatable bonds is 14. The molecule has 1 aliphatic heterocycles. The van der Waals surface area contributed by atoms with E-state index in [2.05, 4.69) is 4.90 Å². The number of ether oxygens (including phenoxy) is 1. The minimum atomic E-state index is -0.670. The number of carbonyl (C=O) groups is 3. The van der Waals surface area contributed by atoms with Gasteiger partial charge in [-0.1, -0.05) is 20.8 Å². The highest BCUT2D eigenvalue weighted by molar-refractivity contribution is 7.99. The number of amides is 3. The Hall–Kier alpha value is -1.32. The van der Waals surface area contributed by atoms with E-state index in [0.29, 0.717) is 18.6 Å². The highest BCUT2D eigenvalue weighted by Gasteiger charge is 2.34. The van der Waals surface area contributed by atoms with Gasteiger partial charge in [0.05, 0.1) is 13.2 Å². The number of primary amides is 1. The Morgan fingerprint density at radius 3 is 2.29 bits per heavy atom. The topological polar surface area (TPSA) is 96.2 Å². The van der Waals surface area contributed by atoms with Crippen molar-refractivity contribution < 1.29 is 19.1 Å². The van der Waals surface area contributed by atoms with Crippen molar-refractivity contribution in [1.82, 2.24) is 14.7 Å². The molecule has 2 atom stereocenters. The molecule has 0 aromatic heterocycles. The lowest BCUT2D eigenvalue weighted by Gasteiger charge is -2.34. The van der Waals surface area contributed by atoms with Gasteiger partial charge in [-0.2, -0.15) is 11.8 Å². The lowest BCUT2D eigenvalue weighted by Crippen LogP contribution is -2.55. The second-order valence-electron chi connectivity index (χ2n) is 8.65. The summed E-state index contributed by atoms with van der Waals surface area (Å²) in [6.07, 6.45) is 2.65. The Labute approximate surface area is 192 Å². The second kappa shape index (κ2) is 14.7. The Bertz CT molecular complexity index is 570. The predicted octanol–water partition coefficient (Wildman–Crippen LogP) is 1.43. The lowest BCUT2D eigenvalue weighted by molar-refractivity contribution is -0.146. The fraction of sp³-hybridized carbons (Fsp3) is 0.864. The molecular formula is C22H42N4O4S. The van der Waals surface area contributed by atoms with Gasteiger partial charge in [-0.05, 0) is 37.5 Å². The fourth-order valence-electron chi connectivity index (χ4n) is 3.62. The Morgan fingerprint density at radius 2 is 1.74 bits per heavy atom. The van der Waals surface area contributed by atoms with Crippen molar-refractivity contribution >= 4 is 29.5 Å². The quantitative estimate of drug-likeness (QED) is 0.396. The summed E-state index contributed by atoms with van der Waals surface area (Å²) in [5, 5.41) is 0. The zero-order valence-corrected chi connectivity index (χ0v) is 20.8.